The Morgan fingerprint density at radius 1 is 1.07 bits per heavy atom. The van der Waals surface area contributed by atoms with E-state index in [0.717, 1.165) is 22.6 Å². The minimum absolute atomic E-state index is 0.333. The van der Waals surface area contributed by atoms with E-state index in [1.54, 1.807) is 36.5 Å². The summed E-state index contributed by atoms with van der Waals surface area (Å²) in [6.07, 6.45) is 1.60. The average Bonchev–Trinajstić information content (AvgIpc) is 2.91. The Labute approximate surface area is 172 Å². The van der Waals surface area contributed by atoms with Crippen LogP contribution in [0.25, 0.3) is 5.69 Å². The number of nitrogens with zero attached hydrogens (tertiary/aromatic N) is 2. The Balaban J connectivity index is 1.83. The zero-order valence-electron chi connectivity index (χ0n) is 14.6. The number of carbonyl (C=O) groups is 1. The minimum Gasteiger partial charge on any atom is -0.316 e. The Morgan fingerprint density at radius 3 is 2.56 bits per heavy atom. The van der Waals surface area contributed by atoms with Gasteiger partial charge in [-0.25, -0.2) is 5.43 Å². The summed E-state index contributed by atoms with van der Waals surface area (Å²) < 4.78 is 1.99. The van der Waals surface area contributed by atoms with Gasteiger partial charge in [-0.1, -0.05) is 46.9 Å². The van der Waals surface area contributed by atoms with Crippen molar-refractivity contribution in [1.29, 1.82) is 0 Å². The lowest BCUT2D eigenvalue weighted by molar-refractivity contribution is 0.0955. The van der Waals surface area contributed by atoms with Crippen LogP contribution in [0.3, 0.4) is 0 Å². The van der Waals surface area contributed by atoms with Gasteiger partial charge in [0.2, 0.25) is 0 Å². The minimum atomic E-state index is -0.333. The zero-order valence-corrected chi connectivity index (χ0v) is 16.9. The number of rotatable bonds is 4. The molecule has 3 aromatic rings. The molecular weight excluding hydrogens is 405 g/mol. The van der Waals surface area contributed by atoms with Crippen molar-refractivity contribution in [3.63, 3.8) is 0 Å². The standard InChI is InChI=1S/C20H16Cl3N3O/c1-12-9-15(11-24-25-20(27)14-5-3-6-16(21)10-14)13(2)26(12)18-8-4-7-17(22)19(18)23/h3-11H,1-2H3,(H,25,27)/b24-11-. The van der Waals surface area contributed by atoms with Crippen molar-refractivity contribution in [1.82, 2.24) is 9.99 Å². The number of halogens is 3. The number of aromatic nitrogens is 1. The SMILES string of the molecule is Cc1cc(/C=N\NC(=O)c2cccc(Cl)c2)c(C)n1-c1cccc(Cl)c1Cl. The highest BCUT2D eigenvalue weighted by atomic mass is 35.5. The van der Waals surface area contributed by atoms with Gasteiger partial charge in [-0.15, -0.1) is 0 Å². The van der Waals surface area contributed by atoms with E-state index < -0.39 is 0 Å². The molecular formula is C20H16Cl3N3O. The first-order valence-corrected chi connectivity index (χ1v) is 9.24. The van der Waals surface area contributed by atoms with Crippen molar-refractivity contribution in [2.24, 2.45) is 5.10 Å². The number of aryl methyl sites for hydroxylation is 1. The van der Waals surface area contributed by atoms with Gasteiger partial charge in [-0.3, -0.25) is 4.79 Å². The van der Waals surface area contributed by atoms with Crippen LogP contribution < -0.4 is 5.43 Å². The van der Waals surface area contributed by atoms with Crippen LogP contribution in [-0.4, -0.2) is 16.7 Å². The van der Waals surface area contributed by atoms with E-state index in [2.05, 4.69) is 10.5 Å². The maximum absolute atomic E-state index is 12.1. The quantitative estimate of drug-likeness (QED) is 0.419. The molecule has 0 unspecified atom stereocenters. The van der Waals surface area contributed by atoms with Gasteiger partial charge in [0.15, 0.2) is 0 Å². The molecule has 0 atom stereocenters. The fourth-order valence-corrected chi connectivity index (χ4v) is 3.38. The van der Waals surface area contributed by atoms with Crippen molar-refractivity contribution in [2.75, 3.05) is 0 Å². The number of hydrazone groups is 1. The molecule has 0 bridgehead atoms. The van der Waals surface area contributed by atoms with Gasteiger partial charge in [0.1, 0.15) is 0 Å². The van der Waals surface area contributed by atoms with Crippen LogP contribution in [0, 0.1) is 13.8 Å². The van der Waals surface area contributed by atoms with Crippen molar-refractivity contribution in [3.05, 3.63) is 86.1 Å². The van der Waals surface area contributed by atoms with E-state index in [4.69, 9.17) is 34.8 Å². The highest BCUT2D eigenvalue weighted by Crippen LogP contribution is 2.31. The second-order valence-corrected chi connectivity index (χ2v) is 7.17. The van der Waals surface area contributed by atoms with Crippen molar-refractivity contribution in [2.45, 2.75) is 13.8 Å². The first-order valence-electron chi connectivity index (χ1n) is 8.11. The van der Waals surface area contributed by atoms with Gasteiger partial charge < -0.3 is 4.57 Å². The van der Waals surface area contributed by atoms with Crippen LogP contribution >= 0.6 is 34.8 Å². The lowest BCUT2D eigenvalue weighted by Crippen LogP contribution is -2.17. The lowest BCUT2D eigenvalue weighted by atomic mass is 10.2. The Morgan fingerprint density at radius 2 is 1.81 bits per heavy atom. The molecule has 0 saturated heterocycles. The second-order valence-electron chi connectivity index (χ2n) is 5.94. The summed E-state index contributed by atoms with van der Waals surface area (Å²) in [6.45, 7) is 3.91. The third-order valence-corrected chi connectivity index (χ3v) is 5.14. The molecule has 0 radical (unpaired) electrons. The summed E-state index contributed by atoms with van der Waals surface area (Å²) in [4.78, 5) is 12.1. The van der Waals surface area contributed by atoms with E-state index in [1.807, 2.05) is 36.6 Å². The van der Waals surface area contributed by atoms with Gasteiger partial charge >= 0.3 is 0 Å². The van der Waals surface area contributed by atoms with Crippen LogP contribution in [0.15, 0.2) is 53.6 Å². The molecule has 1 aromatic heterocycles. The van der Waals surface area contributed by atoms with E-state index in [1.165, 1.54) is 0 Å². The molecule has 0 aliphatic heterocycles. The largest absolute Gasteiger partial charge is 0.316 e. The van der Waals surface area contributed by atoms with E-state index in [-0.39, 0.29) is 5.91 Å². The van der Waals surface area contributed by atoms with Gasteiger partial charge in [0.25, 0.3) is 5.91 Å². The van der Waals surface area contributed by atoms with Crippen LogP contribution in [0.4, 0.5) is 0 Å². The Bertz CT molecular complexity index is 1040. The monoisotopic (exact) mass is 419 g/mol. The topological polar surface area (TPSA) is 46.4 Å². The zero-order chi connectivity index (χ0) is 19.6. The van der Waals surface area contributed by atoms with Gasteiger partial charge in [0, 0.05) is 27.5 Å². The second kappa shape index (κ2) is 8.17. The lowest BCUT2D eigenvalue weighted by Gasteiger charge is -2.12. The van der Waals surface area contributed by atoms with Gasteiger partial charge in [-0.2, -0.15) is 5.10 Å². The van der Waals surface area contributed by atoms with Crippen LogP contribution in [0.1, 0.15) is 27.3 Å². The summed E-state index contributed by atoms with van der Waals surface area (Å²) >= 11 is 18.4. The van der Waals surface area contributed by atoms with Gasteiger partial charge in [-0.05, 0) is 50.2 Å². The fraction of sp³-hybridized carbons (Fsp3) is 0.100. The van der Waals surface area contributed by atoms with E-state index >= 15 is 0 Å². The summed E-state index contributed by atoms with van der Waals surface area (Å²) in [5.74, 6) is -0.333. The van der Waals surface area contributed by atoms with Crippen molar-refractivity contribution >= 4 is 46.9 Å². The molecule has 27 heavy (non-hydrogen) atoms. The Kier molecular flexibility index (Phi) is 5.90. The number of amides is 1. The van der Waals surface area contributed by atoms with Crippen LogP contribution in [0.2, 0.25) is 15.1 Å². The molecule has 2 aromatic carbocycles. The molecule has 0 aliphatic rings. The summed E-state index contributed by atoms with van der Waals surface area (Å²) in [6, 6.07) is 14.1. The summed E-state index contributed by atoms with van der Waals surface area (Å²) in [5, 5.41) is 5.53. The molecule has 1 N–H and O–H groups in total. The maximum atomic E-state index is 12.1. The normalized spacial score (nSPS) is 11.1. The highest BCUT2D eigenvalue weighted by Gasteiger charge is 2.13. The molecule has 138 valence electrons. The molecule has 4 nitrogen and oxygen atoms in total. The predicted molar refractivity (Wildman–Crippen MR) is 112 cm³/mol. The molecule has 0 spiro atoms. The number of nitrogens with one attached hydrogen (secondary N) is 1. The van der Waals surface area contributed by atoms with Crippen LogP contribution in [0.5, 0.6) is 0 Å². The Hall–Kier alpha value is -2.27. The molecule has 0 aliphatic carbocycles. The fourth-order valence-electron chi connectivity index (χ4n) is 2.81. The molecule has 1 amide bonds. The molecule has 1 heterocycles. The smallest absolute Gasteiger partial charge is 0.271 e. The van der Waals surface area contributed by atoms with Gasteiger partial charge in [0.05, 0.1) is 21.9 Å². The number of carbonyl (C=O) groups excluding carboxylic acids is 1. The first-order chi connectivity index (χ1) is 12.9. The molecule has 7 heteroatoms. The van der Waals surface area contributed by atoms with Crippen LogP contribution in [-0.2, 0) is 0 Å². The van der Waals surface area contributed by atoms with E-state index in [0.29, 0.717) is 20.6 Å². The number of hydrogen-bond acceptors (Lipinski definition) is 2. The first kappa shape index (κ1) is 19.5. The molecule has 0 saturated carbocycles. The maximum Gasteiger partial charge on any atom is 0.271 e. The third kappa shape index (κ3) is 4.19. The average molecular weight is 421 g/mol. The van der Waals surface area contributed by atoms with Crippen molar-refractivity contribution < 1.29 is 4.79 Å². The molecule has 0 fully saturated rings. The third-order valence-electron chi connectivity index (χ3n) is 4.10. The molecule has 3 rings (SSSR count). The predicted octanol–water partition coefficient (Wildman–Crippen LogP) is 5.82. The summed E-state index contributed by atoms with van der Waals surface area (Å²) in [7, 11) is 0. The summed E-state index contributed by atoms with van der Waals surface area (Å²) in [5.41, 5.74) is 6.50. The number of hydrogen-bond donors (Lipinski definition) is 1. The van der Waals surface area contributed by atoms with Crippen molar-refractivity contribution in [3.8, 4) is 5.69 Å². The highest BCUT2D eigenvalue weighted by molar-refractivity contribution is 6.43. The van der Waals surface area contributed by atoms with E-state index in [9.17, 15) is 4.79 Å². The number of benzene rings is 2.